The molecule has 2 aromatic carbocycles. The first-order chi connectivity index (χ1) is 10.6. The molecule has 0 unspecified atom stereocenters. The van der Waals surface area contributed by atoms with Crippen molar-refractivity contribution < 1.29 is 13.6 Å². The van der Waals surface area contributed by atoms with E-state index in [1.54, 1.807) is 34.9 Å². The fourth-order valence-electron chi connectivity index (χ4n) is 2.54. The van der Waals surface area contributed by atoms with Crippen LogP contribution in [0.1, 0.15) is 16.5 Å². The number of benzene rings is 2. The van der Waals surface area contributed by atoms with Crippen LogP contribution in [-0.4, -0.2) is 23.1 Å². The quantitative estimate of drug-likeness (QED) is 0.858. The number of rotatable bonds is 3. The summed E-state index contributed by atoms with van der Waals surface area (Å²) >= 11 is 1.63. The maximum Gasteiger partial charge on any atom is 0.228 e. The Kier molecular flexibility index (Phi) is 4.43. The van der Waals surface area contributed by atoms with Crippen LogP contribution in [0.25, 0.3) is 0 Å². The van der Waals surface area contributed by atoms with Gasteiger partial charge in [-0.05, 0) is 35.4 Å². The summed E-state index contributed by atoms with van der Waals surface area (Å²) in [5, 5.41) is -0.149. The smallest absolute Gasteiger partial charge is 0.228 e. The topological polar surface area (TPSA) is 20.3 Å². The van der Waals surface area contributed by atoms with Crippen LogP contribution in [0.3, 0.4) is 0 Å². The lowest BCUT2D eigenvalue weighted by Gasteiger charge is -2.24. The molecule has 1 fully saturated rings. The van der Waals surface area contributed by atoms with E-state index in [2.05, 4.69) is 0 Å². The fourth-order valence-corrected chi connectivity index (χ4v) is 3.81. The van der Waals surface area contributed by atoms with E-state index in [1.807, 2.05) is 6.07 Å². The summed E-state index contributed by atoms with van der Waals surface area (Å²) in [6, 6.07) is 12.3. The molecule has 22 heavy (non-hydrogen) atoms. The molecule has 1 heterocycles. The van der Waals surface area contributed by atoms with Gasteiger partial charge in [0, 0.05) is 12.3 Å². The molecule has 114 valence electrons. The monoisotopic (exact) mass is 319 g/mol. The molecule has 2 nitrogen and oxygen atoms in total. The highest BCUT2D eigenvalue weighted by Crippen LogP contribution is 2.38. The Morgan fingerprint density at radius 2 is 1.91 bits per heavy atom. The third-order valence-corrected chi connectivity index (χ3v) is 4.87. The zero-order chi connectivity index (χ0) is 15.5. The summed E-state index contributed by atoms with van der Waals surface area (Å²) in [7, 11) is 0. The molecule has 0 saturated carbocycles. The van der Waals surface area contributed by atoms with Crippen LogP contribution in [0.2, 0.25) is 0 Å². The lowest BCUT2D eigenvalue weighted by atomic mass is 10.1. The van der Waals surface area contributed by atoms with Gasteiger partial charge >= 0.3 is 0 Å². The number of hydrogen-bond donors (Lipinski definition) is 0. The van der Waals surface area contributed by atoms with Crippen LogP contribution in [0.15, 0.2) is 48.5 Å². The van der Waals surface area contributed by atoms with Gasteiger partial charge in [-0.2, -0.15) is 0 Å². The van der Waals surface area contributed by atoms with Crippen molar-refractivity contribution in [1.82, 2.24) is 4.90 Å². The molecule has 0 bridgehead atoms. The Bertz CT molecular complexity index is 675. The molecule has 1 amide bonds. The minimum absolute atomic E-state index is 0.0223. The van der Waals surface area contributed by atoms with E-state index in [1.165, 1.54) is 24.3 Å². The highest BCUT2D eigenvalue weighted by molar-refractivity contribution is 7.99. The maximum absolute atomic E-state index is 13.4. The van der Waals surface area contributed by atoms with Crippen molar-refractivity contribution in [2.24, 2.45) is 0 Å². The van der Waals surface area contributed by atoms with Crippen LogP contribution in [0, 0.1) is 11.6 Å². The Balaban J connectivity index is 1.75. The molecule has 3 rings (SSSR count). The van der Waals surface area contributed by atoms with Crippen molar-refractivity contribution in [3.63, 3.8) is 0 Å². The molecular weight excluding hydrogens is 304 g/mol. The van der Waals surface area contributed by atoms with Gasteiger partial charge in [0.15, 0.2) is 0 Å². The van der Waals surface area contributed by atoms with E-state index in [0.717, 1.165) is 16.9 Å². The SMILES string of the molecule is O=C(Cc1ccc(F)cc1)N1CCS[C@@H]1c1cccc(F)c1. The van der Waals surface area contributed by atoms with Crippen LogP contribution in [0.4, 0.5) is 8.78 Å². The van der Waals surface area contributed by atoms with Crippen LogP contribution in [-0.2, 0) is 11.2 Å². The first-order valence-corrected chi connectivity index (χ1v) is 8.09. The van der Waals surface area contributed by atoms with Gasteiger partial charge in [-0.25, -0.2) is 8.78 Å². The fraction of sp³-hybridized carbons (Fsp3) is 0.235. The van der Waals surface area contributed by atoms with Crippen molar-refractivity contribution in [3.8, 4) is 0 Å². The minimum atomic E-state index is -0.314. The van der Waals surface area contributed by atoms with Gasteiger partial charge in [0.1, 0.15) is 17.0 Å². The molecule has 1 aliphatic rings. The van der Waals surface area contributed by atoms with Crippen molar-refractivity contribution in [3.05, 3.63) is 71.3 Å². The molecule has 0 aromatic heterocycles. The molecule has 2 aromatic rings. The number of thioether (sulfide) groups is 1. The number of amides is 1. The molecule has 1 atom stereocenters. The van der Waals surface area contributed by atoms with Gasteiger partial charge in [0.05, 0.1) is 6.42 Å². The molecule has 0 aliphatic carbocycles. The number of hydrogen-bond acceptors (Lipinski definition) is 2. The van der Waals surface area contributed by atoms with Gasteiger partial charge in [0.2, 0.25) is 5.91 Å². The van der Waals surface area contributed by atoms with Crippen LogP contribution >= 0.6 is 11.8 Å². The van der Waals surface area contributed by atoms with E-state index in [-0.39, 0.29) is 29.3 Å². The molecule has 1 aliphatic heterocycles. The van der Waals surface area contributed by atoms with Crippen LogP contribution in [0.5, 0.6) is 0 Å². The first kappa shape index (κ1) is 15.0. The second-order valence-electron chi connectivity index (χ2n) is 5.17. The number of halogens is 2. The predicted octanol–water partition coefficient (Wildman–Crippen LogP) is 3.78. The second kappa shape index (κ2) is 6.48. The van der Waals surface area contributed by atoms with E-state index in [0.29, 0.717) is 6.54 Å². The van der Waals surface area contributed by atoms with Gasteiger partial charge in [-0.1, -0.05) is 24.3 Å². The Morgan fingerprint density at radius 1 is 1.14 bits per heavy atom. The van der Waals surface area contributed by atoms with Crippen molar-refractivity contribution in [2.75, 3.05) is 12.3 Å². The van der Waals surface area contributed by atoms with E-state index >= 15 is 0 Å². The standard InChI is InChI=1S/C17H15F2NOS/c18-14-6-4-12(5-7-14)10-16(21)20-8-9-22-17(20)13-2-1-3-15(19)11-13/h1-7,11,17H,8-10H2/t17-/m1/s1. The summed E-state index contributed by atoms with van der Waals surface area (Å²) in [5.74, 6) is 0.198. The third kappa shape index (κ3) is 3.30. The predicted molar refractivity (Wildman–Crippen MR) is 83.4 cm³/mol. The minimum Gasteiger partial charge on any atom is -0.325 e. The highest BCUT2D eigenvalue weighted by Gasteiger charge is 2.30. The average Bonchev–Trinajstić information content (AvgIpc) is 2.99. The normalized spacial score (nSPS) is 17.7. The average molecular weight is 319 g/mol. The van der Waals surface area contributed by atoms with E-state index in [4.69, 9.17) is 0 Å². The Labute approximate surface area is 132 Å². The third-order valence-electron chi connectivity index (χ3n) is 3.61. The van der Waals surface area contributed by atoms with E-state index < -0.39 is 0 Å². The van der Waals surface area contributed by atoms with Crippen molar-refractivity contribution in [1.29, 1.82) is 0 Å². The van der Waals surface area contributed by atoms with Crippen molar-refractivity contribution in [2.45, 2.75) is 11.8 Å². The lowest BCUT2D eigenvalue weighted by molar-refractivity contribution is -0.130. The summed E-state index contributed by atoms with van der Waals surface area (Å²) in [6.45, 7) is 0.645. The second-order valence-corrected chi connectivity index (χ2v) is 6.36. The zero-order valence-corrected chi connectivity index (χ0v) is 12.7. The number of carbonyl (C=O) groups is 1. The van der Waals surface area contributed by atoms with Gasteiger partial charge in [0.25, 0.3) is 0 Å². The first-order valence-electron chi connectivity index (χ1n) is 7.04. The Hall–Kier alpha value is -1.88. The molecule has 0 radical (unpaired) electrons. The van der Waals surface area contributed by atoms with Crippen LogP contribution < -0.4 is 0 Å². The number of nitrogens with zero attached hydrogens (tertiary/aromatic N) is 1. The molecule has 0 spiro atoms. The summed E-state index contributed by atoms with van der Waals surface area (Å²) in [5.41, 5.74) is 1.58. The Morgan fingerprint density at radius 3 is 2.64 bits per heavy atom. The molecule has 1 saturated heterocycles. The van der Waals surface area contributed by atoms with Crippen molar-refractivity contribution >= 4 is 17.7 Å². The summed E-state index contributed by atoms with van der Waals surface area (Å²) < 4.78 is 26.3. The largest absolute Gasteiger partial charge is 0.325 e. The summed E-state index contributed by atoms with van der Waals surface area (Å²) in [6.07, 6.45) is 0.229. The van der Waals surface area contributed by atoms with E-state index in [9.17, 15) is 13.6 Å². The molecular formula is C17H15F2NOS. The lowest BCUT2D eigenvalue weighted by Crippen LogP contribution is -2.31. The molecule has 5 heteroatoms. The highest BCUT2D eigenvalue weighted by atomic mass is 32.2. The van der Waals surface area contributed by atoms with Gasteiger partial charge < -0.3 is 4.90 Å². The zero-order valence-electron chi connectivity index (χ0n) is 11.8. The summed E-state index contributed by atoms with van der Waals surface area (Å²) in [4.78, 5) is 14.3. The van der Waals surface area contributed by atoms with Gasteiger partial charge in [-0.3, -0.25) is 4.79 Å². The number of carbonyl (C=O) groups excluding carboxylic acids is 1. The van der Waals surface area contributed by atoms with Gasteiger partial charge in [-0.15, -0.1) is 11.8 Å². The maximum atomic E-state index is 13.4. The molecule has 0 N–H and O–H groups in total.